The fraction of sp³-hybridized carbons (Fsp3) is 0.500. The van der Waals surface area contributed by atoms with Gasteiger partial charge in [0.15, 0.2) is 0 Å². The van der Waals surface area contributed by atoms with Gasteiger partial charge in [-0.05, 0) is 37.8 Å². The van der Waals surface area contributed by atoms with E-state index in [0.717, 1.165) is 31.5 Å². The molecule has 16 heavy (non-hydrogen) atoms. The third-order valence-electron chi connectivity index (χ3n) is 3.47. The lowest BCUT2D eigenvalue weighted by atomic mass is 9.87. The number of rotatable bonds is 0. The molecule has 0 atom stereocenters. The first-order valence-electron chi connectivity index (χ1n) is 5.85. The van der Waals surface area contributed by atoms with Gasteiger partial charge in [-0.15, -0.1) is 0 Å². The summed E-state index contributed by atoms with van der Waals surface area (Å²) >= 11 is 0. The molecule has 1 fully saturated rings. The van der Waals surface area contributed by atoms with E-state index in [1.165, 1.54) is 6.42 Å². The number of amides is 1. The SMILES string of the molecule is O=C1NC2(CCCCC2)Nc2ncccc21. The van der Waals surface area contributed by atoms with E-state index in [0.29, 0.717) is 5.56 Å². The molecule has 2 N–H and O–H groups in total. The van der Waals surface area contributed by atoms with Crippen molar-refractivity contribution in [3.05, 3.63) is 23.9 Å². The van der Waals surface area contributed by atoms with Crippen molar-refractivity contribution in [3.63, 3.8) is 0 Å². The van der Waals surface area contributed by atoms with Gasteiger partial charge in [0.05, 0.1) is 5.56 Å². The molecule has 1 amide bonds. The lowest BCUT2D eigenvalue weighted by Crippen LogP contribution is -2.58. The number of hydrogen-bond donors (Lipinski definition) is 2. The molecule has 0 radical (unpaired) electrons. The first-order chi connectivity index (χ1) is 7.79. The van der Waals surface area contributed by atoms with Crippen LogP contribution in [0.5, 0.6) is 0 Å². The molecule has 1 aliphatic heterocycles. The number of fused-ring (bicyclic) bond motifs is 1. The number of carbonyl (C=O) groups is 1. The van der Waals surface area contributed by atoms with Crippen molar-refractivity contribution in [2.24, 2.45) is 0 Å². The van der Waals surface area contributed by atoms with Gasteiger partial charge in [0.25, 0.3) is 5.91 Å². The summed E-state index contributed by atoms with van der Waals surface area (Å²) in [5, 5.41) is 6.50. The van der Waals surface area contributed by atoms with Crippen LogP contribution in [-0.2, 0) is 0 Å². The predicted octanol–water partition coefficient (Wildman–Crippen LogP) is 1.90. The van der Waals surface area contributed by atoms with Gasteiger partial charge in [0, 0.05) is 6.20 Å². The van der Waals surface area contributed by atoms with Crippen LogP contribution in [0.1, 0.15) is 42.5 Å². The maximum absolute atomic E-state index is 12.0. The minimum Gasteiger partial charge on any atom is -0.347 e. The summed E-state index contributed by atoms with van der Waals surface area (Å²) in [6.07, 6.45) is 7.30. The van der Waals surface area contributed by atoms with Gasteiger partial charge in [-0.1, -0.05) is 6.42 Å². The van der Waals surface area contributed by atoms with E-state index in [1.54, 1.807) is 18.3 Å². The van der Waals surface area contributed by atoms with Crippen molar-refractivity contribution in [2.45, 2.75) is 37.8 Å². The minimum absolute atomic E-state index is 0.00347. The largest absolute Gasteiger partial charge is 0.347 e. The van der Waals surface area contributed by atoms with Crippen molar-refractivity contribution in [2.75, 3.05) is 5.32 Å². The zero-order valence-electron chi connectivity index (χ0n) is 9.12. The Hall–Kier alpha value is -1.58. The molecule has 1 aromatic rings. The Labute approximate surface area is 94.5 Å². The fourth-order valence-electron chi connectivity index (χ4n) is 2.64. The van der Waals surface area contributed by atoms with Crippen LogP contribution in [0, 0.1) is 0 Å². The van der Waals surface area contributed by atoms with Crippen LogP contribution < -0.4 is 10.6 Å². The Morgan fingerprint density at radius 2 is 2.00 bits per heavy atom. The summed E-state index contributed by atoms with van der Waals surface area (Å²) in [7, 11) is 0. The monoisotopic (exact) mass is 217 g/mol. The second-order valence-corrected chi connectivity index (χ2v) is 4.62. The summed E-state index contributed by atoms with van der Waals surface area (Å²) in [5.74, 6) is 0.733. The highest BCUT2D eigenvalue weighted by Crippen LogP contribution is 2.33. The lowest BCUT2D eigenvalue weighted by Gasteiger charge is -2.42. The van der Waals surface area contributed by atoms with Gasteiger partial charge in [-0.25, -0.2) is 4.98 Å². The number of pyridine rings is 1. The number of anilines is 1. The maximum atomic E-state index is 12.0. The van der Waals surface area contributed by atoms with Gasteiger partial charge in [0.2, 0.25) is 0 Å². The Morgan fingerprint density at radius 3 is 2.81 bits per heavy atom. The van der Waals surface area contributed by atoms with Crippen molar-refractivity contribution in [1.29, 1.82) is 0 Å². The van der Waals surface area contributed by atoms with Gasteiger partial charge in [-0.2, -0.15) is 0 Å². The molecule has 0 unspecified atom stereocenters. The third-order valence-corrected chi connectivity index (χ3v) is 3.47. The predicted molar refractivity (Wildman–Crippen MR) is 61.1 cm³/mol. The maximum Gasteiger partial charge on any atom is 0.256 e. The Bertz CT molecular complexity index is 424. The summed E-state index contributed by atoms with van der Waals surface area (Å²) in [6.45, 7) is 0. The molecular formula is C12H15N3O. The van der Waals surface area contributed by atoms with Gasteiger partial charge >= 0.3 is 0 Å². The molecule has 3 rings (SSSR count). The highest BCUT2D eigenvalue weighted by Gasteiger charge is 2.38. The number of nitrogens with zero attached hydrogens (tertiary/aromatic N) is 1. The Balaban J connectivity index is 1.96. The molecule has 84 valence electrons. The average Bonchev–Trinajstić information content (AvgIpc) is 2.30. The summed E-state index contributed by atoms with van der Waals surface area (Å²) in [5.41, 5.74) is 0.412. The Kier molecular flexibility index (Phi) is 2.09. The van der Waals surface area contributed by atoms with Crippen LogP contribution in [-0.4, -0.2) is 16.6 Å². The van der Waals surface area contributed by atoms with Crippen LogP contribution in [0.3, 0.4) is 0 Å². The summed E-state index contributed by atoms with van der Waals surface area (Å²) < 4.78 is 0. The average molecular weight is 217 g/mol. The zero-order valence-corrected chi connectivity index (χ0v) is 9.12. The van der Waals surface area contributed by atoms with E-state index < -0.39 is 0 Å². The first kappa shape index (κ1) is 9.63. The number of carbonyl (C=O) groups excluding carboxylic acids is 1. The van der Waals surface area contributed by atoms with Crippen molar-refractivity contribution in [1.82, 2.24) is 10.3 Å². The number of nitrogens with one attached hydrogen (secondary N) is 2. The Morgan fingerprint density at radius 1 is 1.19 bits per heavy atom. The second-order valence-electron chi connectivity index (χ2n) is 4.62. The first-order valence-corrected chi connectivity index (χ1v) is 5.85. The van der Waals surface area contributed by atoms with Crippen molar-refractivity contribution >= 4 is 11.7 Å². The lowest BCUT2D eigenvalue weighted by molar-refractivity contribution is 0.0875. The van der Waals surface area contributed by atoms with E-state index in [1.807, 2.05) is 0 Å². The quantitative estimate of drug-likeness (QED) is 0.697. The standard InChI is InChI=1S/C12H15N3O/c16-11-9-5-4-8-13-10(9)14-12(15-11)6-2-1-3-7-12/h4-5,8H,1-3,6-7H2,(H,13,14)(H,15,16). The topological polar surface area (TPSA) is 54.0 Å². The number of hydrogen-bond acceptors (Lipinski definition) is 3. The van der Waals surface area contributed by atoms with Crippen LogP contribution in [0.25, 0.3) is 0 Å². The van der Waals surface area contributed by atoms with E-state index in [-0.39, 0.29) is 11.6 Å². The molecular weight excluding hydrogens is 202 g/mol. The molecule has 1 saturated carbocycles. The minimum atomic E-state index is -0.239. The highest BCUT2D eigenvalue weighted by atomic mass is 16.2. The zero-order chi connectivity index (χ0) is 11.0. The summed E-state index contributed by atoms with van der Waals surface area (Å²) in [6, 6.07) is 3.60. The van der Waals surface area contributed by atoms with Gasteiger partial charge in [-0.3, -0.25) is 4.79 Å². The molecule has 0 saturated heterocycles. The fourth-order valence-corrected chi connectivity index (χ4v) is 2.64. The third kappa shape index (κ3) is 1.45. The molecule has 1 aromatic heterocycles. The van der Waals surface area contributed by atoms with E-state index in [2.05, 4.69) is 15.6 Å². The van der Waals surface area contributed by atoms with Crippen LogP contribution >= 0.6 is 0 Å². The van der Waals surface area contributed by atoms with E-state index in [9.17, 15) is 4.79 Å². The second kappa shape index (κ2) is 3.47. The molecule has 2 aliphatic rings. The highest BCUT2D eigenvalue weighted by molar-refractivity contribution is 6.01. The molecule has 2 heterocycles. The summed E-state index contributed by atoms with van der Waals surface area (Å²) in [4.78, 5) is 16.2. The van der Waals surface area contributed by atoms with E-state index in [4.69, 9.17) is 0 Å². The van der Waals surface area contributed by atoms with Crippen molar-refractivity contribution < 1.29 is 4.79 Å². The number of aromatic nitrogens is 1. The van der Waals surface area contributed by atoms with Crippen molar-refractivity contribution in [3.8, 4) is 0 Å². The molecule has 4 heteroatoms. The van der Waals surface area contributed by atoms with Gasteiger partial charge < -0.3 is 10.6 Å². The van der Waals surface area contributed by atoms with Crippen LogP contribution in [0.2, 0.25) is 0 Å². The van der Waals surface area contributed by atoms with Crippen LogP contribution in [0.4, 0.5) is 5.82 Å². The molecule has 0 aromatic carbocycles. The molecule has 1 spiro atoms. The van der Waals surface area contributed by atoms with E-state index >= 15 is 0 Å². The smallest absolute Gasteiger partial charge is 0.256 e. The molecule has 0 bridgehead atoms. The molecule has 4 nitrogen and oxygen atoms in total. The van der Waals surface area contributed by atoms with Gasteiger partial charge in [0.1, 0.15) is 11.5 Å². The normalized spacial score (nSPS) is 22.1. The van der Waals surface area contributed by atoms with Crippen LogP contribution in [0.15, 0.2) is 18.3 Å². The molecule has 1 aliphatic carbocycles.